The molecule has 0 radical (unpaired) electrons. The zero-order valence-electron chi connectivity index (χ0n) is 16.3. The normalized spacial score (nSPS) is 17.3. The number of thiazole rings is 1. The van der Waals surface area contributed by atoms with Crippen LogP contribution in [0.5, 0.6) is 0 Å². The molecular formula is C22H19ClF2N2OS3. The highest BCUT2D eigenvalue weighted by Crippen LogP contribution is 2.39. The maximum absolute atomic E-state index is 14.7. The Labute approximate surface area is 195 Å². The fraction of sp³-hybridized carbons (Fsp3) is 0.227. The largest absolute Gasteiger partial charge is 0.277 e. The van der Waals surface area contributed by atoms with Crippen molar-refractivity contribution in [1.29, 1.82) is 0 Å². The van der Waals surface area contributed by atoms with Crippen LogP contribution >= 0.6 is 34.7 Å². The lowest BCUT2D eigenvalue weighted by atomic mass is 9.85. The Morgan fingerprint density at radius 3 is 2.81 bits per heavy atom. The highest BCUT2D eigenvalue weighted by Gasteiger charge is 2.21. The third kappa shape index (κ3) is 5.55. The Kier molecular flexibility index (Phi) is 7.43. The number of benzene rings is 2. The number of nitrogens with zero attached hydrogens (tertiary/aromatic N) is 1. The molecule has 162 valence electrons. The molecule has 2 aromatic carbocycles. The van der Waals surface area contributed by atoms with E-state index in [2.05, 4.69) is 15.8 Å². The molecule has 0 fully saturated rings. The van der Waals surface area contributed by atoms with Gasteiger partial charge in [-0.2, -0.15) is 0 Å². The van der Waals surface area contributed by atoms with Crippen LogP contribution in [0.2, 0.25) is 5.02 Å². The summed E-state index contributed by atoms with van der Waals surface area (Å²) in [7, 11) is -1.79. The molecule has 1 N–H and O–H groups in total. The molecular weight excluding hydrogens is 478 g/mol. The molecule has 4 rings (SSSR count). The van der Waals surface area contributed by atoms with Crippen LogP contribution < -0.4 is 4.72 Å². The van der Waals surface area contributed by atoms with Crippen LogP contribution in [0, 0.1) is 17.6 Å². The Hall–Kier alpha value is -1.74. The van der Waals surface area contributed by atoms with Gasteiger partial charge in [0, 0.05) is 22.2 Å². The standard InChI is InChI=1S/C22H19ClF2N2OS3/c23-18-11-21(31(28)27-22-26-9-10-29-22)19(25)12-20(18)30-13-15-3-1-2-4-17(15)14-5-7-16(24)8-6-14/h4-12,15H,1-3,13H2,(H,26,27). The highest BCUT2D eigenvalue weighted by molar-refractivity contribution is 7.99. The number of allylic oxidation sites excluding steroid dienone is 2. The summed E-state index contributed by atoms with van der Waals surface area (Å²) in [4.78, 5) is 4.60. The summed E-state index contributed by atoms with van der Waals surface area (Å²) >= 11 is 9.16. The summed E-state index contributed by atoms with van der Waals surface area (Å²) in [5.74, 6) is 0.161. The molecule has 2 unspecified atom stereocenters. The van der Waals surface area contributed by atoms with Gasteiger partial charge in [0.25, 0.3) is 0 Å². The van der Waals surface area contributed by atoms with Crippen LogP contribution in [-0.2, 0) is 11.0 Å². The van der Waals surface area contributed by atoms with Crippen LogP contribution in [0.1, 0.15) is 24.8 Å². The average molecular weight is 497 g/mol. The van der Waals surface area contributed by atoms with E-state index < -0.39 is 16.8 Å². The highest BCUT2D eigenvalue weighted by atomic mass is 35.5. The number of thioether (sulfide) groups is 1. The van der Waals surface area contributed by atoms with E-state index in [1.54, 1.807) is 23.7 Å². The molecule has 1 heterocycles. The van der Waals surface area contributed by atoms with Gasteiger partial charge < -0.3 is 0 Å². The molecule has 0 bridgehead atoms. The maximum atomic E-state index is 14.7. The maximum Gasteiger partial charge on any atom is 0.194 e. The van der Waals surface area contributed by atoms with Crippen LogP contribution in [0.15, 0.2) is 63.8 Å². The number of rotatable bonds is 7. The molecule has 1 aliphatic rings. The predicted molar refractivity (Wildman–Crippen MR) is 126 cm³/mol. The molecule has 31 heavy (non-hydrogen) atoms. The van der Waals surface area contributed by atoms with Gasteiger partial charge in [-0.15, -0.1) is 23.1 Å². The van der Waals surface area contributed by atoms with Crippen molar-refractivity contribution in [2.75, 3.05) is 10.5 Å². The first kappa shape index (κ1) is 22.5. The van der Waals surface area contributed by atoms with Crippen molar-refractivity contribution in [2.45, 2.75) is 29.1 Å². The zero-order chi connectivity index (χ0) is 21.8. The van der Waals surface area contributed by atoms with Gasteiger partial charge in [-0.05, 0) is 60.6 Å². The van der Waals surface area contributed by atoms with Gasteiger partial charge in [0.15, 0.2) is 16.1 Å². The van der Waals surface area contributed by atoms with Crippen LogP contribution in [0.4, 0.5) is 13.9 Å². The topological polar surface area (TPSA) is 42.0 Å². The first-order valence-electron chi connectivity index (χ1n) is 9.67. The molecule has 3 nitrogen and oxygen atoms in total. The summed E-state index contributed by atoms with van der Waals surface area (Å²) in [6.07, 6.45) is 6.87. The second-order valence-electron chi connectivity index (χ2n) is 7.03. The van der Waals surface area contributed by atoms with Crippen molar-refractivity contribution in [2.24, 2.45) is 5.92 Å². The van der Waals surface area contributed by atoms with E-state index in [4.69, 9.17) is 11.6 Å². The molecule has 0 saturated carbocycles. The predicted octanol–water partition coefficient (Wildman–Crippen LogP) is 7.19. The fourth-order valence-corrected chi connectivity index (χ4v) is 6.55. The first-order chi connectivity index (χ1) is 15.0. The summed E-state index contributed by atoms with van der Waals surface area (Å²) in [5.41, 5.74) is 2.21. The number of nitrogens with one attached hydrogen (secondary N) is 1. The van der Waals surface area contributed by atoms with Crippen molar-refractivity contribution in [1.82, 2.24) is 4.98 Å². The average Bonchev–Trinajstić information content (AvgIpc) is 3.28. The van der Waals surface area contributed by atoms with Crippen molar-refractivity contribution in [3.05, 3.63) is 76.3 Å². The van der Waals surface area contributed by atoms with Crippen molar-refractivity contribution < 1.29 is 13.0 Å². The minimum Gasteiger partial charge on any atom is -0.277 e. The number of halogens is 3. The molecule has 1 aromatic heterocycles. The van der Waals surface area contributed by atoms with Gasteiger partial charge >= 0.3 is 0 Å². The van der Waals surface area contributed by atoms with Gasteiger partial charge in [-0.1, -0.05) is 29.8 Å². The number of aromatic nitrogens is 1. The second kappa shape index (κ2) is 10.3. The monoisotopic (exact) mass is 496 g/mol. The minimum atomic E-state index is -1.79. The minimum absolute atomic E-state index is 0.00545. The first-order valence-corrected chi connectivity index (χ1v) is 13.1. The summed E-state index contributed by atoms with van der Waals surface area (Å²) in [5, 5.41) is 2.55. The SMILES string of the molecule is O=S(Nc1nccs1)c1cc(Cl)c(SCC2CCCC=C2c2ccc(F)cc2)cc1F. The molecule has 9 heteroatoms. The molecule has 0 aliphatic heterocycles. The molecule has 0 saturated heterocycles. The van der Waals surface area contributed by atoms with Crippen LogP contribution in [0.25, 0.3) is 5.57 Å². The fourth-order valence-electron chi connectivity index (χ4n) is 3.47. The zero-order valence-corrected chi connectivity index (χ0v) is 19.5. The molecule has 0 spiro atoms. The smallest absolute Gasteiger partial charge is 0.194 e. The molecule has 0 amide bonds. The molecule has 3 aromatic rings. The summed E-state index contributed by atoms with van der Waals surface area (Å²) < 4.78 is 43.1. The van der Waals surface area contributed by atoms with Crippen molar-refractivity contribution in [3.8, 4) is 0 Å². The molecule has 2 atom stereocenters. The lowest BCUT2D eigenvalue weighted by Crippen LogP contribution is -2.11. The van der Waals surface area contributed by atoms with Crippen molar-refractivity contribution in [3.63, 3.8) is 0 Å². The third-order valence-electron chi connectivity index (χ3n) is 4.98. The Bertz CT molecular complexity index is 1100. The number of hydrogen-bond donors (Lipinski definition) is 1. The Morgan fingerprint density at radius 1 is 1.26 bits per heavy atom. The van der Waals surface area contributed by atoms with E-state index in [0.29, 0.717) is 15.0 Å². The van der Waals surface area contributed by atoms with E-state index in [1.165, 1.54) is 52.9 Å². The Balaban J connectivity index is 1.47. The van der Waals surface area contributed by atoms with E-state index in [-0.39, 0.29) is 16.6 Å². The summed E-state index contributed by atoms with van der Waals surface area (Å²) in [6.45, 7) is 0. The lowest BCUT2D eigenvalue weighted by Gasteiger charge is -2.24. The van der Waals surface area contributed by atoms with E-state index in [9.17, 15) is 13.0 Å². The van der Waals surface area contributed by atoms with Gasteiger partial charge in [0.2, 0.25) is 0 Å². The van der Waals surface area contributed by atoms with Gasteiger partial charge in [-0.25, -0.2) is 18.0 Å². The van der Waals surface area contributed by atoms with E-state index in [1.807, 2.05) is 0 Å². The van der Waals surface area contributed by atoms with Crippen LogP contribution in [-0.4, -0.2) is 14.9 Å². The summed E-state index contributed by atoms with van der Waals surface area (Å²) in [6, 6.07) is 9.30. The third-order valence-corrected chi connectivity index (χ3v) is 8.53. The number of hydrogen-bond acceptors (Lipinski definition) is 4. The quantitative estimate of drug-likeness (QED) is 0.352. The van der Waals surface area contributed by atoms with Gasteiger partial charge in [0.05, 0.1) is 9.92 Å². The Morgan fingerprint density at radius 2 is 2.06 bits per heavy atom. The van der Waals surface area contributed by atoms with E-state index >= 15 is 0 Å². The van der Waals surface area contributed by atoms with Crippen molar-refractivity contribution >= 4 is 56.4 Å². The number of anilines is 1. The van der Waals surface area contributed by atoms with Gasteiger partial charge in [0.1, 0.15) is 11.6 Å². The van der Waals surface area contributed by atoms with Gasteiger partial charge in [-0.3, -0.25) is 4.72 Å². The second-order valence-corrected chi connectivity index (χ2v) is 10.6. The van der Waals surface area contributed by atoms with Crippen LogP contribution in [0.3, 0.4) is 0 Å². The molecule has 1 aliphatic carbocycles. The van der Waals surface area contributed by atoms with E-state index in [0.717, 1.165) is 30.6 Å². The lowest BCUT2D eigenvalue weighted by molar-refractivity contribution is 0.591.